The number of furan rings is 1. The number of carbonyl (C=O) groups excluding carboxylic acids is 2. The van der Waals surface area contributed by atoms with Gasteiger partial charge in [0.15, 0.2) is 0 Å². The molecule has 6 nitrogen and oxygen atoms in total. The highest BCUT2D eigenvalue weighted by molar-refractivity contribution is 6.30. The minimum atomic E-state index is -0.435. The van der Waals surface area contributed by atoms with E-state index >= 15 is 0 Å². The highest BCUT2D eigenvalue weighted by Crippen LogP contribution is 2.07. The molecule has 0 bridgehead atoms. The van der Waals surface area contributed by atoms with Gasteiger partial charge in [-0.05, 0) is 35.9 Å². The first-order valence-corrected chi connectivity index (χ1v) is 7.08. The van der Waals surface area contributed by atoms with Crippen molar-refractivity contribution in [3.63, 3.8) is 0 Å². The molecule has 7 heteroatoms. The summed E-state index contributed by atoms with van der Waals surface area (Å²) >= 11 is 5.76. The fourth-order valence-corrected chi connectivity index (χ4v) is 1.66. The molecule has 0 aliphatic rings. The summed E-state index contributed by atoms with van der Waals surface area (Å²) in [5.74, 6) is -0.287. The molecule has 0 atom stereocenters. The van der Waals surface area contributed by atoms with Crippen molar-refractivity contribution in [3.8, 4) is 0 Å². The van der Waals surface area contributed by atoms with Crippen LogP contribution in [0, 0.1) is 0 Å². The van der Waals surface area contributed by atoms with E-state index in [4.69, 9.17) is 16.0 Å². The Morgan fingerprint density at radius 1 is 1.22 bits per heavy atom. The third-order valence-corrected chi connectivity index (χ3v) is 2.89. The van der Waals surface area contributed by atoms with Crippen molar-refractivity contribution in [2.24, 2.45) is 5.10 Å². The summed E-state index contributed by atoms with van der Waals surface area (Å²) in [6, 6.07) is 10.4. The van der Waals surface area contributed by atoms with Crippen LogP contribution in [-0.4, -0.2) is 24.6 Å². The molecule has 1 heterocycles. The number of amides is 2. The average molecular weight is 332 g/mol. The summed E-state index contributed by atoms with van der Waals surface area (Å²) in [6.07, 6.45) is 5.77. The molecule has 0 saturated carbocycles. The van der Waals surface area contributed by atoms with Gasteiger partial charge in [0, 0.05) is 11.1 Å². The molecule has 2 N–H and O–H groups in total. The number of nitrogens with zero attached hydrogens (tertiary/aromatic N) is 1. The fraction of sp³-hybridized carbons (Fsp3) is 0.0625. The lowest BCUT2D eigenvalue weighted by atomic mass is 10.2. The number of hydrazone groups is 1. The van der Waals surface area contributed by atoms with Crippen LogP contribution in [0.25, 0.3) is 6.08 Å². The molecule has 1 aromatic heterocycles. The van der Waals surface area contributed by atoms with Crippen molar-refractivity contribution in [1.29, 1.82) is 0 Å². The Bertz CT molecular complexity index is 707. The molecule has 2 rings (SSSR count). The Balaban J connectivity index is 1.70. The van der Waals surface area contributed by atoms with Crippen LogP contribution < -0.4 is 10.7 Å². The number of hydrogen-bond acceptors (Lipinski definition) is 4. The van der Waals surface area contributed by atoms with Gasteiger partial charge in [0.05, 0.1) is 19.0 Å². The number of carbonyl (C=O) groups is 2. The zero-order valence-electron chi connectivity index (χ0n) is 12.0. The van der Waals surface area contributed by atoms with E-state index in [-0.39, 0.29) is 6.54 Å². The van der Waals surface area contributed by atoms with Gasteiger partial charge in [-0.3, -0.25) is 9.59 Å². The van der Waals surface area contributed by atoms with Crippen LogP contribution in [0.1, 0.15) is 11.3 Å². The zero-order chi connectivity index (χ0) is 16.5. The smallest absolute Gasteiger partial charge is 0.259 e. The van der Waals surface area contributed by atoms with Crippen molar-refractivity contribution in [3.05, 3.63) is 65.1 Å². The number of rotatable bonds is 6. The predicted octanol–water partition coefficient (Wildman–Crippen LogP) is 2.21. The molecule has 118 valence electrons. The Kier molecular flexibility index (Phi) is 6.14. The van der Waals surface area contributed by atoms with E-state index in [1.165, 1.54) is 24.6 Å². The van der Waals surface area contributed by atoms with Gasteiger partial charge in [0.25, 0.3) is 5.91 Å². The van der Waals surface area contributed by atoms with Crippen molar-refractivity contribution in [1.82, 2.24) is 10.7 Å². The molecule has 2 amide bonds. The molecule has 0 aliphatic carbocycles. The van der Waals surface area contributed by atoms with Gasteiger partial charge < -0.3 is 9.73 Å². The maximum absolute atomic E-state index is 11.5. The standard InChI is InChI=1S/C16H14ClN3O3/c17-13-5-3-12(4-6-13)10-19-20-16(22)11-18-15(21)8-7-14-2-1-9-23-14/h1-10H,11H2,(H,18,21)(H,20,22)/b8-7+,19-10-. The van der Waals surface area contributed by atoms with Crippen molar-refractivity contribution in [2.75, 3.05) is 6.54 Å². The highest BCUT2D eigenvalue weighted by atomic mass is 35.5. The van der Waals surface area contributed by atoms with Gasteiger partial charge in [-0.2, -0.15) is 5.10 Å². The zero-order valence-corrected chi connectivity index (χ0v) is 12.8. The topological polar surface area (TPSA) is 83.7 Å². The van der Waals surface area contributed by atoms with Crippen molar-refractivity contribution in [2.45, 2.75) is 0 Å². The summed E-state index contributed by atoms with van der Waals surface area (Å²) < 4.78 is 5.04. The van der Waals surface area contributed by atoms with Crippen LogP contribution in [0.3, 0.4) is 0 Å². The Morgan fingerprint density at radius 3 is 2.70 bits per heavy atom. The Labute approximate surface area is 137 Å². The van der Waals surface area contributed by atoms with E-state index in [1.54, 1.807) is 36.4 Å². The van der Waals surface area contributed by atoms with E-state index < -0.39 is 11.8 Å². The molecule has 0 aliphatic heterocycles. The molecule has 0 spiro atoms. The summed E-state index contributed by atoms with van der Waals surface area (Å²) in [6.45, 7) is -0.181. The number of hydrogen-bond donors (Lipinski definition) is 2. The third-order valence-electron chi connectivity index (χ3n) is 2.64. The first-order chi connectivity index (χ1) is 11.1. The van der Waals surface area contributed by atoms with Gasteiger partial charge in [-0.1, -0.05) is 23.7 Å². The lowest BCUT2D eigenvalue weighted by Crippen LogP contribution is -2.34. The van der Waals surface area contributed by atoms with Crippen LogP contribution in [0.15, 0.2) is 58.3 Å². The molecule has 0 saturated heterocycles. The monoisotopic (exact) mass is 331 g/mol. The Hall–Kier alpha value is -2.86. The second kappa shape index (κ2) is 8.55. The molecule has 1 aromatic carbocycles. The molecule has 0 radical (unpaired) electrons. The average Bonchev–Trinajstić information content (AvgIpc) is 3.06. The molecule has 23 heavy (non-hydrogen) atoms. The second-order valence-electron chi connectivity index (χ2n) is 4.41. The van der Waals surface area contributed by atoms with E-state index in [9.17, 15) is 9.59 Å². The molecule has 0 fully saturated rings. The maximum Gasteiger partial charge on any atom is 0.259 e. The van der Waals surface area contributed by atoms with E-state index in [0.717, 1.165) is 5.56 Å². The van der Waals surface area contributed by atoms with Gasteiger partial charge >= 0.3 is 0 Å². The van der Waals surface area contributed by atoms with Gasteiger partial charge in [-0.25, -0.2) is 5.43 Å². The van der Waals surface area contributed by atoms with E-state index in [1.807, 2.05) is 0 Å². The molecular formula is C16H14ClN3O3. The van der Waals surface area contributed by atoms with Gasteiger partial charge in [-0.15, -0.1) is 0 Å². The maximum atomic E-state index is 11.5. The van der Waals surface area contributed by atoms with Crippen LogP contribution in [-0.2, 0) is 9.59 Å². The first-order valence-electron chi connectivity index (χ1n) is 6.70. The second-order valence-corrected chi connectivity index (χ2v) is 4.85. The first kappa shape index (κ1) is 16.5. The summed E-state index contributed by atoms with van der Waals surface area (Å²) in [4.78, 5) is 23.0. The van der Waals surface area contributed by atoms with Gasteiger partial charge in [0.1, 0.15) is 5.76 Å². The summed E-state index contributed by atoms with van der Waals surface area (Å²) in [5, 5.41) is 6.84. The fourth-order valence-electron chi connectivity index (χ4n) is 1.54. The predicted molar refractivity (Wildman–Crippen MR) is 87.9 cm³/mol. The van der Waals surface area contributed by atoms with Crippen LogP contribution in [0.2, 0.25) is 5.02 Å². The van der Waals surface area contributed by atoms with Crippen LogP contribution in [0.4, 0.5) is 0 Å². The van der Waals surface area contributed by atoms with Crippen LogP contribution >= 0.6 is 11.6 Å². The third kappa shape index (κ3) is 6.19. The lowest BCUT2D eigenvalue weighted by molar-refractivity contribution is -0.123. The number of nitrogens with one attached hydrogen (secondary N) is 2. The lowest BCUT2D eigenvalue weighted by Gasteiger charge is -2.00. The molecule has 0 unspecified atom stereocenters. The van der Waals surface area contributed by atoms with Gasteiger partial charge in [0.2, 0.25) is 5.91 Å². The Morgan fingerprint density at radius 2 is 2.00 bits per heavy atom. The van der Waals surface area contributed by atoms with Crippen molar-refractivity contribution < 1.29 is 14.0 Å². The van der Waals surface area contributed by atoms with Crippen LogP contribution in [0.5, 0.6) is 0 Å². The molecule has 2 aromatic rings. The minimum Gasteiger partial charge on any atom is -0.465 e. The van der Waals surface area contributed by atoms with Crippen molar-refractivity contribution >= 4 is 35.7 Å². The normalized spacial score (nSPS) is 11.0. The summed E-state index contributed by atoms with van der Waals surface area (Å²) in [5.41, 5.74) is 3.10. The minimum absolute atomic E-state index is 0.181. The number of benzene rings is 1. The SMILES string of the molecule is O=C(/C=C/c1ccco1)NCC(=O)N/N=C\c1ccc(Cl)cc1. The molecular weight excluding hydrogens is 318 g/mol. The van der Waals surface area contributed by atoms with E-state index in [2.05, 4.69) is 15.8 Å². The van der Waals surface area contributed by atoms with E-state index in [0.29, 0.717) is 10.8 Å². The summed E-state index contributed by atoms with van der Waals surface area (Å²) in [7, 11) is 0. The number of halogens is 1. The largest absolute Gasteiger partial charge is 0.465 e. The highest BCUT2D eigenvalue weighted by Gasteiger charge is 2.01. The quantitative estimate of drug-likeness (QED) is 0.483.